The van der Waals surface area contributed by atoms with E-state index in [9.17, 15) is 9.59 Å². The molecule has 0 aromatic heterocycles. The van der Waals surface area contributed by atoms with Crippen molar-refractivity contribution in [1.82, 2.24) is 4.90 Å². The topological polar surface area (TPSA) is 46.6 Å². The van der Waals surface area contributed by atoms with E-state index < -0.39 is 0 Å². The fraction of sp³-hybridized carbons (Fsp3) is 0.385. The zero-order valence-electron chi connectivity index (χ0n) is 9.89. The monoisotopic (exact) mass is 267 g/mol. The lowest BCUT2D eigenvalue weighted by atomic mass is 10.2. The number of carbonyl (C=O) groups is 2. The second kappa shape index (κ2) is 5.87. The van der Waals surface area contributed by atoms with Gasteiger partial charge in [0.1, 0.15) is 5.75 Å². The van der Waals surface area contributed by atoms with E-state index in [1.54, 1.807) is 23.1 Å². The van der Waals surface area contributed by atoms with Gasteiger partial charge < -0.3 is 9.64 Å². The molecular weight excluding hydrogens is 254 g/mol. The molecule has 0 aliphatic carbocycles. The van der Waals surface area contributed by atoms with Crippen LogP contribution in [0.2, 0.25) is 5.02 Å². The van der Waals surface area contributed by atoms with Gasteiger partial charge in [0.25, 0.3) is 5.91 Å². The van der Waals surface area contributed by atoms with Crippen LogP contribution in [0.15, 0.2) is 18.2 Å². The highest BCUT2D eigenvalue weighted by Gasteiger charge is 2.18. The molecule has 1 aliphatic heterocycles. The Labute approximate surface area is 110 Å². The number of amides is 1. The summed E-state index contributed by atoms with van der Waals surface area (Å²) in [5.74, 6) is 0.300. The van der Waals surface area contributed by atoms with Crippen LogP contribution in [-0.4, -0.2) is 36.8 Å². The number of ether oxygens (including phenoxy) is 1. The minimum atomic E-state index is -0.0544. The van der Waals surface area contributed by atoms with Crippen LogP contribution in [0.4, 0.5) is 0 Å². The summed E-state index contributed by atoms with van der Waals surface area (Å²) in [5, 5.41) is 0.330. The van der Waals surface area contributed by atoms with Crippen LogP contribution < -0.4 is 4.74 Å². The van der Waals surface area contributed by atoms with Crippen LogP contribution in [0, 0.1) is 0 Å². The fourth-order valence-corrected chi connectivity index (χ4v) is 2.17. The number of carbonyl (C=O) groups excluding carboxylic acids is 2. The minimum absolute atomic E-state index is 0.0516. The molecule has 1 aliphatic rings. The van der Waals surface area contributed by atoms with Gasteiger partial charge in [-0.2, -0.15) is 0 Å². The predicted molar refractivity (Wildman–Crippen MR) is 68.1 cm³/mol. The molecule has 4 nitrogen and oxygen atoms in total. The molecule has 0 saturated carbocycles. The second-order valence-electron chi connectivity index (χ2n) is 4.15. The van der Waals surface area contributed by atoms with Crippen molar-refractivity contribution in [2.45, 2.75) is 12.8 Å². The first-order valence-electron chi connectivity index (χ1n) is 5.86. The second-order valence-corrected chi connectivity index (χ2v) is 4.55. The average molecular weight is 268 g/mol. The van der Waals surface area contributed by atoms with Crippen molar-refractivity contribution in [2.75, 3.05) is 19.7 Å². The zero-order valence-corrected chi connectivity index (χ0v) is 10.7. The van der Waals surface area contributed by atoms with E-state index in [1.165, 1.54) is 0 Å². The summed E-state index contributed by atoms with van der Waals surface area (Å²) in [5.41, 5.74) is 0.286. The predicted octanol–water partition coefficient (Wildman–Crippen LogP) is 2.15. The van der Waals surface area contributed by atoms with Crippen molar-refractivity contribution in [3.63, 3.8) is 0 Å². The van der Waals surface area contributed by atoms with E-state index in [-0.39, 0.29) is 18.1 Å². The third-order valence-corrected chi connectivity index (χ3v) is 3.27. The third kappa shape index (κ3) is 2.82. The van der Waals surface area contributed by atoms with Crippen LogP contribution in [-0.2, 0) is 4.79 Å². The van der Waals surface area contributed by atoms with E-state index in [0.717, 1.165) is 25.9 Å². The van der Waals surface area contributed by atoms with Crippen molar-refractivity contribution in [2.24, 2.45) is 0 Å². The maximum Gasteiger partial charge on any atom is 0.260 e. The molecule has 1 fully saturated rings. The molecule has 0 spiro atoms. The number of halogens is 1. The van der Waals surface area contributed by atoms with Crippen molar-refractivity contribution in [3.8, 4) is 5.75 Å². The van der Waals surface area contributed by atoms with Gasteiger partial charge in [-0.15, -0.1) is 0 Å². The van der Waals surface area contributed by atoms with Crippen LogP contribution >= 0.6 is 11.6 Å². The van der Waals surface area contributed by atoms with Crippen molar-refractivity contribution < 1.29 is 14.3 Å². The van der Waals surface area contributed by atoms with Gasteiger partial charge in [-0.1, -0.05) is 17.7 Å². The van der Waals surface area contributed by atoms with E-state index in [1.807, 2.05) is 0 Å². The number of rotatable bonds is 4. The van der Waals surface area contributed by atoms with E-state index in [0.29, 0.717) is 17.1 Å². The summed E-state index contributed by atoms with van der Waals surface area (Å²) in [6.07, 6.45) is 2.73. The number of benzene rings is 1. The first kappa shape index (κ1) is 12.9. The first-order valence-corrected chi connectivity index (χ1v) is 6.24. The molecule has 1 saturated heterocycles. The van der Waals surface area contributed by atoms with Crippen LogP contribution in [0.1, 0.15) is 23.2 Å². The van der Waals surface area contributed by atoms with Crippen molar-refractivity contribution in [3.05, 3.63) is 28.8 Å². The van der Waals surface area contributed by atoms with Crippen molar-refractivity contribution in [1.29, 1.82) is 0 Å². The number of hydrogen-bond donors (Lipinski definition) is 0. The Hall–Kier alpha value is -1.55. The molecule has 1 amide bonds. The Morgan fingerprint density at radius 3 is 2.78 bits per heavy atom. The molecule has 0 radical (unpaired) electrons. The standard InChI is InChI=1S/C13H14ClNO3/c14-11-4-3-5-12(10(11)8-16)18-9-13(17)15-6-1-2-7-15/h3-5,8H,1-2,6-7,9H2. The average Bonchev–Trinajstić information content (AvgIpc) is 2.90. The number of nitrogens with zero attached hydrogens (tertiary/aromatic N) is 1. The number of hydrogen-bond acceptors (Lipinski definition) is 3. The lowest BCUT2D eigenvalue weighted by Crippen LogP contribution is -2.32. The highest BCUT2D eigenvalue weighted by molar-refractivity contribution is 6.33. The molecule has 0 unspecified atom stereocenters. The van der Waals surface area contributed by atoms with Crippen LogP contribution in [0.5, 0.6) is 5.75 Å². The van der Waals surface area contributed by atoms with E-state index in [4.69, 9.17) is 16.3 Å². The van der Waals surface area contributed by atoms with E-state index >= 15 is 0 Å². The minimum Gasteiger partial charge on any atom is -0.483 e. The summed E-state index contributed by atoms with van der Waals surface area (Å²) in [4.78, 5) is 24.4. The third-order valence-electron chi connectivity index (χ3n) is 2.94. The highest BCUT2D eigenvalue weighted by Crippen LogP contribution is 2.24. The largest absolute Gasteiger partial charge is 0.483 e. The van der Waals surface area contributed by atoms with Gasteiger partial charge in [-0.05, 0) is 25.0 Å². The summed E-state index contributed by atoms with van der Waals surface area (Å²) < 4.78 is 5.38. The SMILES string of the molecule is O=Cc1c(Cl)cccc1OCC(=O)N1CCCC1. The van der Waals surface area contributed by atoms with Gasteiger partial charge in [0.15, 0.2) is 12.9 Å². The first-order chi connectivity index (χ1) is 8.72. The number of likely N-dealkylation sites (tertiary alicyclic amines) is 1. The lowest BCUT2D eigenvalue weighted by molar-refractivity contribution is -0.132. The summed E-state index contributed by atoms with van der Waals surface area (Å²) in [7, 11) is 0. The quantitative estimate of drug-likeness (QED) is 0.786. The van der Waals surface area contributed by atoms with Gasteiger partial charge in [-0.25, -0.2) is 0 Å². The van der Waals surface area contributed by atoms with E-state index in [2.05, 4.69) is 0 Å². The molecule has 1 aromatic rings. The lowest BCUT2D eigenvalue weighted by Gasteiger charge is -2.16. The number of aldehydes is 1. The molecule has 18 heavy (non-hydrogen) atoms. The maximum absolute atomic E-state index is 11.8. The Balaban J connectivity index is 1.99. The molecule has 0 bridgehead atoms. The molecule has 0 atom stereocenters. The van der Waals surface area contributed by atoms with Gasteiger partial charge in [0.05, 0.1) is 10.6 Å². The normalized spacial score (nSPS) is 14.6. The Morgan fingerprint density at radius 1 is 1.39 bits per heavy atom. The molecule has 1 heterocycles. The molecular formula is C13H14ClNO3. The Kier molecular flexibility index (Phi) is 4.20. The van der Waals surface area contributed by atoms with Gasteiger partial charge in [0.2, 0.25) is 0 Å². The Bertz CT molecular complexity index is 456. The molecule has 2 rings (SSSR count). The molecule has 1 aromatic carbocycles. The Morgan fingerprint density at radius 2 is 2.11 bits per heavy atom. The maximum atomic E-state index is 11.8. The van der Waals surface area contributed by atoms with Crippen LogP contribution in [0.25, 0.3) is 0 Å². The van der Waals surface area contributed by atoms with Crippen molar-refractivity contribution >= 4 is 23.8 Å². The summed E-state index contributed by atoms with van der Waals surface area (Å²) >= 11 is 5.87. The van der Waals surface area contributed by atoms with Gasteiger partial charge in [0, 0.05) is 13.1 Å². The fourth-order valence-electron chi connectivity index (χ4n) is 1.95. The summed E-state index contributed by atoms with van der Waals surface area (Å²) in [6.45, 7) is 1.53. The highest BCUT2D eigenvalue weighted by atomic mass is 35.5. The smallest absolute Gasteiger partial charge is 0.260 e. The van der Waals surface area contributed by atoms with Gasteiger partial charge in [-0.3, -0.25) is 9.59 Å². The van der Waals surface area contributed by atoms with Gasteiger partial charge >= 0.3 is 0 Å². The van der Waals surface area contributed by atoms with Crippen LogP contribution in [0.3, 0.4) is 0 Å². The molecule has 0 N–H and O–H groups in total. The molecule has 5 heteroatoms. The zero-order chi connectivity index (χ0) is 13.0. The summed E-state index contributed by atoms with van der Waals surface area (Å²) in [6, 6.07) is 4.93. The molecule has 96 valence electrons.